The fourth-order valence-electron chi connectivity index (χ4n) is 3.12. The van der Waals surface area contributed by atoms with E-state index in [1.54, 1.807) is 0 Å². The second kappa shape index (κ2) is 5.27. The number of anilines is 1. The number of thiocarbonyl (C=S) groups is 1. The minimum Gasteiger partial charge on any atom is -0.389 e. The summed E-state index contributed by atoms with van der Waals surface area (Å²) in [7, 11) is 0. The van der Waals surface area contributed by atoms with Crippen LogP contribution in [0.4, 0.5) is 5.69 Å². The molecule has 3 nitrogen and oxygen atoms in total. The van der Waals surface area contributed by atoms with Gasteiger partial charge in [-0.15, -0.1) is 0 Å². The molecular formula is C14H17ClN2OS. The number of nitrogens with two attached hydrogens (primary N) is 1. The molecule has 5 heteroatoms. The maximum Gasteiger partial charge on any atom is 0.104 e. The predicted octanol–water partition coefficient (Wildman–Crippen LogP) is 2.73. The maximum atomic E-state index is 6.40. The third-order valence-electron chi connectivity index (χ3n) is 4.02. The highest BCUT2D eigenvalue weighted by Crippen LogP contribution is 2.36. The molecule has 1 aromatic carbocycles. The van der Waals surface area contributed by atoms with Gasteiger partial charge in [0, 0.05) is 12.1 Å². The van der Waals surface area contributed by atoms with Crippen LogP contribution in [-0.4, -0.2) is 30.3 Å². The molecule has 1 aromatic rings. The molecule has 0 amide bonds. The Morgan fingerprint density at radius 1 is 1.42 bits per heavy atom. The quantitative estimate of drug-likeness (QED) is 0.852. The van der Waals surface area contributed by atoms with Crippen molar-refractivity contribution in [2.45, 2.75) is 31.4 Å². The number of morpholine rings is 1. The molecule has 102 valence electrons. The lowest BCUT2D eigenvalue weighted by Crippen LogP contribution is -2.48. The van der Waals surface area contributed by atoms with Crippen LogP contribution in [0.15, 0.2) is 18.2 Å². The molecule has 2 N–H and O–H groups in total. The van der Waals surface area contributed by atoms with Crippen LogP contribution in [0.2, 0.25) is 5.02 Å². The molecule has 2 unspecified atom stereocenters. The summed E-state index contributed by atoms with van der Waals surface area (Å²) in [6.45, 7) is 1.67. The van der Waals surface area contributed by atoms with E-state index >= 15 is 0 Å². The van der Waals surface area contributed by atoms with E-state index in [0.717, 1.165) is 35.8 Å². The van der Waals surface area contributed by atoms with Gasteiger partial charge in [-0.1, -0.05) is 23.8 Å². The van der Waals surface area contributed by atoms with Crippen LogP contribution in [0.25, 0.3) is 0 Å². The van der Waals surface area contributed by atoms with E-state index in [0.29, 0.717) is 17.1 Å². The zero-order valence-corrected chi connectivity index (χ0v) is 12.2. The van der Waals surface area contributed by atoms with Crippen molar-refractivity contribution in [3.05, 3.63) is 28.8 Å². The molecule has 2 fully saturated rings. The van der Waals surface area contributed by atoms with Crippen molar-refractivity contribution in [2.24, 2.45) is 5.73 Å². The number of halogens is 1. The number of rotatable bonds is 2. The summed E-state index contributed by atoms with van der Waals surface area (Å²) >= 11 is 11.4. The van der Waals surface area contributed by atoms with Crippen LogP contribution in [0.1, 0.15) is 24.8 Å². The molecular weight excluding hydrogens is 280 g/mol. The third kappa shape index (κ3) is 2.45. The molecule has 1 aliphatic carbocycles. The molecule has 0 spiro atoms. The summed E-state index contributed by atoms with van der Waals surface area (Å²) in [5.74, 6) is 0. The van der Waals surface area contributed by atoms with Gasteiger partial charge in [-0.3, -0.25) is 0 Å². The number of ether oxygens (including phenoxy) is 1. The Bertz CT molecular complexity index is 508. The number of nitrogens with zero attached hydrogens (tertiary/aromatic N) is 1. The summed E-state index contributed by atoms with van der Waals surface area (Å²) in [6, 6.07) is 6.29. The summed E-state index contributed by atoms with van der Waals surface area (Å²) < 4.78 is 5.83. The molecule has 3 rings (SSSR count). The van der Waals surface area contributed by atoms with E-state index in [4.69, 9.17) is 34.3 Å². The third-order valence-corrected chi connectivity index (χ3v) is 4.56. The van der Waals surface area contributed by atoms with Gasteiger partial charge in [0.05, 0.1) is 29.5 Å². The summed E-state index contributed by atoms with van der Waals surface area (Å²) in [4.78, 5) is 2.77. The molecule has 2 aliphatic rings. The summed E-state index contributed by atoms with van der Waals surface area (Å²) in [5.41, 5.74) is 7.53. The molecule has 1 heterocycles. The fourth-order valence-corrected chi connectivity index (χ4v) is 3.53. The Balaban J connectivity index is 1.90. The van der Waals surface area contributed by atoms with Gasteiger partial charge >= 0.3 is 0 Å². The van der Waals surface area contributed by atoms with Crippen LogP contribution in [0.5, 0.6) is 0 Å². The van der Waals surface area contributed by atoms with Crippen LogP contribution >= 0.6 is 23.8 Å². The monoisotopic (exact) mass is 296 g/mol. The molecule has 1 saturated carbocycles. The Morgan fingerprint density at radius 3 is 3.00 bits per heavy atom. The number of hydrogen-bond acceptors (Lipinski definition) is 3. The molecule has 1 aliphatic heterocycles. The summed E-state index contributed by atoms with van der Waals surface area (Å²) in [5, 5.41) is 0.720. The highest BCUT2D eigenvalue weighted by atomic mass is 35.5. The first-order valence-corrected chi connectivity index (χ1v) is 7.43. The van der Waals surface area contributed by atoms with Crippen molar-refractivity contribution < 1.29 is 4.74 Å². The molecule has 1 saturated heterocycles. The predicted molar refractivity (Wildman–Crippen MR) is 82.1 cm³/mol. The van der Waals surface area contributed by atoms with Crippen molar-refractivity contribution in [1.82, 2.24) is 0 Å². The standard InChI is InChI=1S/C14H17ClN2OS/c15-10-8-9(14(16)19)4-5-11(10)17-6-7-18-13-3-1-2-12(13)17/h4-5,8,12-13H,1-3,6-7H2,(H2,16,19). The number of fused-ring (bicyclic) bond motifs is 1. The van der Waals surface area contributed by atoms with Gasteiger partial charge in [-0.05, 0) is 37.5 Å². The van der Waals surface area contributed by atoms with Crippen LogP contribution in [0.3, 0.4) is 0 Å². The van der Waals surface area contributed by atoms with E-state index in [1.807, 2.05) is 18.2 Å². The van der Waals surface area contributed by atoms with Gasteiger partial charge in [-0.2, -0.15) is 0 Å². The Morgan fingerprint density at radius 2 is 2.26 bits per heavy atom. The van der Waals surface area contributed by atoms with Crippen molar-refractivity contribution in [3.63, 3.8) is 0 Å². The molecule has 0 aromatic heterocycles. The van der Waals surface area contributed by atoms with E-state index < -0.39 is 0 Å². The van der Waals surface area contributed by atoms with Gasteiger partial charge in [0.2, 0.25) is 0 Å². The summed E-state index contributed by atoms with van der Waals surface area (Å²) in [6.07, 6.45) is 3.93. The van der Waals surface area contributed by atoms with Crippen molar-refractivity contribution in [1.29, 1.82) is 0 Å². The average Bonchev–Trinajstić information content (AvgIpc) is 2.86. The smallest absolute Gasteiger partial charge is 0.104 e. The van der Waals surface area contributed by atoms with E-state index in [1.165, 1.54) is 12.8 Å². The Labute approximate surface area is 123 Å². The van der Waals surface area contributed by atoms with Crippen LogP contribution in [0, 0.1) is 0 Å². The first-order valence-electron chi connectivity index (χ1n) is 6.64. The van der Waals surface area contributed by atoms with E-state index in [9.17, 15) is 0 Å². The van der Waals surface area contributed by atoms with Crippen LogP contribution < -0.4 is 10.6 Å². The van der Waals surface area contributed by atoms with Gasteiger partial charge in [-0.25, -0.2) is 0 Å². The SMILES string of the molecule is NC(=S)c1ccc(N2CCOC3CCCC32)c(Cl)c1. The highest BCUT2D eigenvalue weighted by molar-refractivity contribution is 7.80. The molecule has 0 radical (unpaired) electrons. The average molecular weight is 297 g/mol. The first kappa shape index (κ1) is 13.2. The van der Waals surface area contributed by atoms with Gasteiger partial charge in [0.1, 0.15) is 4.99 Å². The van der Waals surface area contributed by atoms with Gasteiger partial charge < -0.3 is 15.4 Å². The zero-order valence-electron chi connectivity index (χ0n) is 10.6. The highest BCUT2D eigenvalue weighted by Gasteiger charge is 2.36. The molecule has 0 bridgehead atoms. The van der Waals surface area contributed by atoms with Gasteiger partial charge in [0.25, 0.3) is 0 Å². The fraction of sp³-hybridized carbons (Fsp3) is 0.500. The van der Waals surface area contributed by atoms with E-state index in [-0.39, 0.29) is 0 Å². The Kier molecular flexibility index (Phi) is 3.65. The number of hydrogen-bond donors (Lipinski definition) is 1. The zero-order chi connectivity index (χ0) is 13.4. The Hall–Kier alpha value is -0.840. The molecule has 2 atom stereocenters. The second-order valence-corrected chi connectivity index (χ2v) is 5.98. The largest absolute Gasteiger partial charge is 0.389 e. The van der Waals surface area contributed by atoms with Crippen molar-refractivity contribution in [3.8, 4) is 0 Å². The second-order valence-electron chi connectivity index (χ2n) is 5.13. The lowest BCUT2D eigenvalue weighted by Gasteiger charge is -2.39. The maximum absolute atomic E-state index is 6.40. The van der Waals surface area contributed by atoms with Crippen molar-refractivity contribution >= 4 is 34.5 Å². The van der Waals surface area contributed by atoms with Gasteiger partial charge in [0.15, 0.2) is 0 Å². The minimum absolute atomic E-state index is 0.361. The lowest BCUT2D eigenvalue weighted by molar-refractivity contribution is 0.0256. The minimum atomic E-state index is 0.361. The normalized spacial score (nSPS) is 26.3. The van der Waals surface area contributed by atoms with Crippen LogP contribution in [-0.2, 0) is 4.74 Å². The molecule has 19 heavy (non-hydrogen) atoms. The van der Waals surface area contributed by atoms with E-state index in [2.05, 4.69) is 4.90 Å². The topological polar surface area (TPSA) is 38.5 Å². The van der Waals surface area contributed by atoms with Crippen molar-refractivity contribution in [2.75, 3.05) is 18.1 Å². The lowest BCUT2D eigenvalue weighted by atomic mass is 10.1. The number of benzene rings is 1. The first-order chi connectivity index (χ1) is 9.16.